The van der Waals surface area contributed by atoms with Gasteiger partial charge in [0.2, 0.25) is 0 Å². The number of nitrogens with zero attached hydrogens (tertiary/aromatic N) is 1. The van der Waals surface area contributed by atoms with Crippen LogP contribution in [0.1, 0.15) is 37.2 Å². The van der Waals surface area contributed by atoms with Crippen LogP contribution in [0.5, 0.6) is 0 Å². The third kappa shape index (κ3) is 4.15. The summed E-state index contributed by atoms with van der Waals surface area (Å²) in [5.41, 5.74) is 1.14. The first-order valence-electron chi connectivity index (χ1n) is 8.95. The molecule has 1 aromatic carbocycles. The number of piperidine rings is 1. The summed E-state index contributed by atoms with van der Waals surface area (Å²) in [7, 11) is 0. The number of carbonyl (C=O) groups excluding carboxylic acids is 1. The summed E-state index contributed by atoms with van der Waals surface area (Å²) in [6.45, 7) is -0.507. The lowest BCUT2D eigenvalue weighted by atomic mass is 9.76. The number of alkyl halides is 2. The van der Waals surface area contributed by atoms with Gasteiger partial charge in [0.05, 0.1) is 12.6 Å². The molecule has 0 saturated carbocycles. The van der Waals surface area contributed by atoms with Crippen LogP contribution >= 0.6 is 22.6 Å². The van der Waals surface area contributed by atoms with Gasteiger partial charge in [0.1, 0.15) is 13.3 Å². The third-order valence-electron chi connectivity index (χ3n) is 5.51. The Hall–Kier alpha value is -0.760. The molecule has 25 heavy (non-hydrogen) atoms. The molecule has 0 amide bonds. The minimum absolute atomic E-state index is 0.0710. The highest BCUT2D eigenvalue weighted by molar-refractivity contribution is 14.1. The molecule has 0 aliphatic carbocycles. The molecule has 3 nitrogen and oxygen atoms in total. The van der Waals surface area contributed by atoms with Crippen molar-refractivity contribution in [2.75, 3.05) is 26.5 Å². The molecule has 6 heteroatoms. The molecule has 0 N–H and O–H groups in total. The predicted octanol–water partition coefficient (Wildman–Crippen LogP) is 4.10. The number of hydrogen-bond acceptors (Lipinski definition) is 3. The second kappa shape index (κ2) is 8.75. The largest absolute Gasteiger partial charge is 0.463 e. The highest BCUT2D eigenvalue weighted by Crippen LogP contribution is 2.47. The molecule has 2 fully saturated rings. The Morgan fingerprint density at radius 1 is 1.20 bits per heavy atom. The van der Waals surface area contributed by atoms with Gasteiger partial charge in [-0.1, -0.05) is 12.1 Å². The molecular weight excluding hydrogens is 439 g/mol. The molecule has 0 spiro atoms. The minimum Gasteiger partial charge on any atom is -0.463 e. The maximum atomic E-state index is 12.7. The van der Waals surface area contributed by atoms with Gasteiger partial charge in [0, 0.05) is 28.1 Å². The fourth-order valence-corrected chi connectivity index (χ4v) is 4.87. The molecular formula is C19H24F2INO2. The third-order valence-corrected chi connectivity index (χ3v) is 6.23. The molecule has 1 aromatic rings. The van der Waals surface area contributed by atoms with E-state index in [0.29, 0.717) is 19.0 Å². The van der Waals surface area contributed by atoms with Crippen molar-refractivity contribution >= 4 is 28.6 Å². The number of carbonyl (C=O) groups is 1. The molecule has 2 aliphatic heterocycles. The van der Waals surface area contributed by atoms with E-state index in [1.807, 2.05) is 0 Å². The smallest absolute Gasteiger partial charge is 0.311 e. The average molecular weight is 463 g/mol. The van der Waals surface area contributed by atoms with Crippen molar-refractivity contribution in [3.8, 4) is 0 Å². The average Bonchev–Trinajstić information content (AvgIpc) is 2.89. The summed E-state index contributed by atoms with van der Waals surface area (Å²) in [6, 6.07) is 8.73. The van der Waals surface area contributed by atoms with Gasteiger partial charge in [-0.25, -0.2) is 4.39 Å². The van der Waals surface area contributed by atoms with Gasteiger partial charge in [-0.05, 0) is 66.0 Å². The molecule has 2 aliphatic rings. The second-order valence-electron chi connectivity index (χ2n) is 6.85. The number of benzene rings is 1. The van der Waals surface area contributed by atoms with Crippen molar-refractivity contribution in [3.63, 3.8) is 0 Å². The van der Waals surface area contributed by atoms with Crippen LogP contribution in [0.25, 0.3) is 0 Å². The number of ether oxygens (including phenoxy) is 1. The summed E-state index contributed by atoms with van der Waals surface area (Å²) < 4.78 is 31.5. The standard InChI is InChI=1S/C19H24F2INO2/c20-8-1-10-23-15-6-7-17(23)18(19(24)25-11-9-21)16(12-15)13-2-4-14(22)5-3-13/h2-5,15-18H,1,6-12H2. The summed E-state index contributed by atoms with van der Waals surface area (Å²) in [6.07, 6.45) is 3.32. The molecule has 0 radical (unpaired) electrons. The number of rotatable bonds is 7. The molecule has 4 unspecified atom stereocenters. The molecule has 3 rings (SSSR count). The van der Waals surface area contributed by atoms with Crippen LogP contribution in [-0.4, -0.2) is 49.5 Å². The predicted molar refractivity (Wildman–Crippen MR) is 101 cm³/mol. The van der Waals surface area contributed by atoms with Gasteiger partial charge in [-0.2, -0.15) is 0 Å². The molecule has 4 atom stereocenters. The Kier molecular flexibility index (Phi) is 6.66. The number of hydrogen-bond donors (Lipinski definition) is 0. The van der Waals surface area contributed by atoms with E-state index >= 15 is 0 Å². The van der Waals surface area contributed by atoms with Gasteiger partial charge >= 0.3 is 5.97 Å². The molecule has 0 aromatic heterocycles. The SMILES string of the molecule is O=C(OCCF)C1C(c2ccc(I)cc2)CC2CCC1N2CCCF. The Morgan fingerprint density at radius 2 is 1.96 bits per heavy atom. The normalized spacial score (nSPS) is 28.9. The van der Waals surface area contributed by atoms with Crippen molar-refractivity contribution in [2.24, 2.45) is 5.92 Å². The van der Waals surface area contributed by atoms with Gasteiger partial charge in [0.15, 0.2) is 0 Å². The number of esters is 1. The van der Waals surface area contributed by atoms with E-state index in [0.717, 1.165) is 28.4 Å². The van der Waals surface area contributed by atoms with Crippen molar-refractivity contribution in [1.82, 2.24) is 4.90 Å². The Bertz CT molecular complexity index is 583. The monoisotopic (exact) mass is 463 g/mol. The zero-order valence-corrected chi connectivity index (χ0v) is 16.3. The molecule has 138 valence electrons. The molecule has 2 bridgehead atoms. The summed E-state index contributed by atoms with van der Waals surface area (Å²) in [5, 5.41) is 0. The second-order valence-corrected chi connectivity index (χ2v) is 8.10. The zero-order valence-electron chi connectivity index (χ0n) is 14.2. The van der Waals surface area contributed by atoms with Gasteiger partial charge in [0.25, 0.3) is 0 Å². The first-order valence-corrected chi connectivity index (χ1v) is 10.0. The van der Waals surface area contributed by atoms with E-state index in [-0.39, 0.29) is 37.1 Å². The summed E-state index contributed by atoms with van der Waals surface area (Å²) >= 11 is 2.27. The molecule has 2 heterocycles. The van der Waals surface area contributed by atoms with Gasteiger partial charge in [-0.3, -0.25) is 14.1 Å². The van der Waals surface area contributed by atoms with Crippen LogP contribution in [0.2, 0.25) is 0 Å². The maximum Gasteiger partial charge on any atom is 0.311 e. The quantitative estimate of drug-likeness (QED) is 0.451. The van der Waals surface area contributed by atoms with Crippen LogP contribution < -0.4 is 0 Å². The fourth-order valence-electron chi connectivity index (χ4n) is 4.51. The van der Waals surface area contributed by atoms with Gasteiger partial charge in [-0.15, -0.1) is 0 Å². The lowest BCUT2D eigenvalue weighted by molar-refractivity contribution is -0.154. The van der Waals surface area contributed by atoms with E-state index in [1.165, 1.54) is 0 Å². The Morgan fingerprint density at radius 3 is 2.64 bits per heavy atom. The lowest BCUT2D eigenvalue weighted by Crippen LogP contribution is -2.51. The van der Waals surface area contributed by atoms with Crippen molar-refractivity contribution in [1.29, 1.82) is 0 Å². The van der Waals surface area contributed by atoms with Crippen molar-refractivity contribution < 1.29 is 18.3 Å². The van der Waals surface area contributed by atoms with E-state index in [2.05, 4.69) is 51.8 Å². The van der Waals surface area contributed by atoms with Crippen molar-refractivity contribution in [3.05, 3.63) is 33.4 Å². The van der Waals surface area contributed by atoms with Crippen LogP contribution in [0.15, 0.2) is 24.3 Å². The molecule has 2 saturated heterocycles. The number of fused-ring (bicyclic) bond motifs is 2. The van der Waals surface area contributed by atoms with Crippen molar-refractivity contribution in [2.45, 2.75) is 43.7 Å². The van der Waals surface area contributed by atoms with Gasteiger partial charge < -0.3 is 4.74 Å². The summed E-state index contributed by atoms with van der Waals surface area (Å²) in [5.74, 6) is -0.523. The van der Waals surface area contributed by atoms with Crippen LogP contribution in [0.3, 0.4) is 0 Å². The zero-order chi connectivity index (χ0) is 17.8. The van der Waals surface area contributed by atoms with Crippen LogP contribution in [0.4, 0.5) is 8.78 Å². The first-order chi connectivity index (χ1) is 12.2. The highest BCUT2D eigenvalue weighted by Gasteiger charge is 2.50. The van der Waals surface area contributed by atoms with Crippen LogP contribution in [-0.2, 0) is 9.53 Å². The fraction of sp³-hybridized carbons (Fsp3) is 0.632. The van der Waals surface area contributed by atoms with E-state index in [4.69, 9.17) is 4.74 Å². The Labute approximate surface area is 161 Å². The maximum absolute atomic E-state index is 12.7. The first kappa shape index (κ1) is 19.0. The summed E-state index contributed by atoms with van der Waals surface area (Å²) in [4.78, 5) is 15.0. The van der Waals surface area contributed by atoms with E-state index < -0.39 is 6.67 Å². The highest BCUT2D eigenvalue weighted by atomic mass is 127. The lowest BCUT2D eigenvalue weighted by Gasteiger charge is -2.43. The Balaban J connectivity index is 1.86. The van der Waals surface area contributed by atoms with E-state index in [1.54, 1.807) is 0 Å². The number of halogens is 3. The van der Waals surface area contributed by atoms with E-state index in [9.17, 15) is 13.6 Å². The topological polar surface area (TPSA) is 29.5 Å². The van der Waals surface area contributed by atoms with Crippen LogP contribution in [0, 0.1) is 9.49 Å². The minimum atomic E-state index is -0.661.